The van der Waals surface area contributed by atoms with Crippen LogP contribution in [-0.2, 0) is 0 Å². The Labute approximate surface area is 111 Å². The van der Waals surface area contributed by atoms with Crippen molar-refractivity contribution in [3.63, 3.8) is 0 Å². The van der Waals surface area contributed by atoms with Crippen LogP contribution in [0.3, 0.4) is 0 Å². The standard InChI is InChI=1S/C7H6ClNO.C6H8N2/c8-6-1-2-7(9)5(3-6)4-10;1-5-2-3-6(7)8-4-5/h1-4H,9H2;2-4H,1H3,(H2,7,8). The van der Waals surface area contributed by atoms with Gasteiger partial charge in [-0.3, -0.25) is 4.79 Å². The lowest BCUT2D eigenvalue weighted by atomic mass is 10.2. The summed E-state index contributed by atoms with van der Waals surface area (Å²) < 4.78 is 0. The summed E-state index contributed by atoms with van der Waals surface area (Å²) in [5.74, 6) is 0.579. The van der Waals surface area contributed by atoms with Gasteiger partial charge in [0.05, 0.1) is 0 Å². The molecule has 1 aromatic heterocycles. The first-order valence-corrected chi connectivity index (χ1v) is 5.59. The van der Waals surface area contributed by atoms with Crippen LogP contribution < -0.4 is 11.5 Å². The minimum Gasteiger partial charge on any atom is -0.398 e. The number of aldehydes is 1. The second-order valence-corrected chi connectivity index (χ2v) is 4.09. The van der Waals surface area contributed by atoms with E-state index in [1.54, 1.807) is 24.4 Å². The number of carbonyl (C=O) groups excluding carboxylic acids is 1. The number of rotatable bonds is 1. The zero-order valence-electron chi connectivity index (χ0n) is 9.93. The fourth-order valence-electron chi connectivity index (χ4n) is 1.13. The summed E-state index contributed by atoms with van der Waals surface area (Å²) in [6, 6.07) is 8.50. The number of pyridine rings is 1. The molecule has 0 saturated heterocycles. The molecule has 2 rings (SSSR count). The number of aryl methyl sites for hydroxylation is 1. The van der Waals surface area contributed by atoms with Crippen molar-refractivity contribution >= 4 is 29.4 Å². The first-order chi connectivity index (χ1) is 8.52. The fourth-order valence-corrected chi connectivity index (χ4v) is 1.31. The number of nitrogen functional groups attached to an aromatic ring is 2. The van der Waals surface area contributed by atoms with Crippen molar-refractivity contribution in [2.75, 3.05) is 11.5 Å². The molecule has 0 aliphatic carbocycles. The van der Waals surface area contributed by atoms with Gasteiger partial charge in [0.25, 0.3) is 0 Å². The van der Waals surface area contributed by atoms with Gasteiger partial charge >= 0.3 is 0 Å². The van der Waals surface area contributed by atoms with Crippen LogP contribution in [0.4, 0.5) is 11.5 Å². The number of nitrogens with zero attached hydrogens (tertiary/aromatic N) is 1. The van der Waals surface area contributed by atoms with Crippen LogP contribution in [0.25, 0.3) is 0 Å². The second-order valence-electron chi connectivity index (χ2n) is 3.65. The van der Waals surface area contributed by atoms with E-state index in [0.717, 1.165) is 5.56 Å². The molecule has 4 N–H and O–H groups in total. The molecular formula is C13H14ClN3O. The molecule has 0 amide bonds. The molecule has 0 fully saturated rings. The maximum Gasteiger partial charge on any atom is 0.152 e. The quantitative estimate of drug-likeness (QED) is 0.612. The van der Waals surface area contributed by atoms with Gasteiger partial charge in [0.1, 0.15) is 5.82 Å². The Hall–Kier alpha value is -2.07. The Balaban J connectivity index is 0.000000184. The number of halogens is 1. The third kappa shape index (κ3) is 4.43. The Morgan fingerprint density at radius 1 is 1.22 bits per heavy atom. The third-order valence-corrected chi connectivity index (χ3v) is 2.35. The van der Waals surface area contributed by atoms with Gasteiger partial charge in [-0.1, -0.05) is 17.7 Å². The summed E-state index contributed by atoms with van der Waals surface area (Å²) >= 11 is 5.58. The van der Waals surface area contributed by atoms with Crippen molar-refractivity contribution in [3.05, 3.63) is 52.7 Å². The lowest BCUT2D eigenvalue weighted by molar-refractivity contribution is 0.112. The average molecular weight is 264 g/mol. The molecule has 0 spiro atoms. The van der Waals surface area contributed by atoms with Crippen molar-refractivity contribution in [3.8, 4) is 0 Å². The van der Waals surface area contributed by atoms with Crippen molar-refractivity contribution in [1.29, 1.82) is 0 Å². The van der Waals surface area contributed by atoms with Gasteiger partial charge in [-0.25, -0.2) is 4.98 Å². The molecule has 0 bridgehead atoms. The summed E-state index contributed by atoms with van der Waals surface area (Å²) in [7, 11) is 0. The summed E-state index contributed by atoms with van der Waals surface area (Å²) in [5, 5.41) is 0.524. The number of benzene rings is 1. The number of hydrogen-bond donors (Lipinski definition) is 2. The minimum atomic E-state index is 0.438. The molecule has 0 atom stereocenters. The maximum absolute atomic E-state index is 10.2. The first kappa shape index (κ1) is 14.0. The monoisotopic (exact) mass is 263 g/mol. The first-order valence-electron chi connectivity index (χ1n) is 5.21. The van der Waals surface area contributed by atoms with Crippen LogP contribution >= 0.6 is 11.6 Å². The van der Waals surface area contributed by atoms with Crippen molar-refractivity contribution < 1.29 is 4.79 Å². The maximum atomic E-state index is 10.2. The molecule has 0 aliphatic heterocycles. The highest BCUT2D eigenvalue weighted by molar-refractivity contribution is 6.31. The highest BCUT2D eigenvalue weighted by Gasteiger charge is 1.96. The zero-order valence-corrected chi connectivity index (χ0v) is 10.7. The molecule has 18 heavy (non-hydrogen) atoms. The SMILES string of the molecule is Cc1ccc(N)nc1.Nc1ccc(Cl)cc1C=O. The van der Waals surface area contributed by atoms with Crippen LogP contribution in [0.15, 0.2) is 36.5 Å². The highest BCUT2D eigenvalue weighted by Crippen LogP contribution is 2.15. The molecule has 5 heteroatoms. The normalized spacial score (nSPS) is 9.22. The number of carbonyl (C=O) groups is 1. The fraction of sp³-hybridized carbons (Fsp3) is 0.0769. The van der Waals surface area contributed by atoms with E-state index in [1.807, 2.05) is 13.0 Å². The van der Waals surface area contributed by atoms with Gasteiger partial charge in [0.15, 0.2) is 6.29 Å². The van der Waals surface area contributed by atoms with E-state index in [4.69, 9.17) is 23.1 Å². The molecule has 4 nitrogen and oxygen atoms in total. The topological polar surface area (TPSA) is 82.0 Å². The lowest BCUT2D eigenvalue weighted by Gasteiger charge is -1.96. The van der Waals surface area contributed by atoms with Gasteiger partial charge in [-0.2, -0.15) is 0 Å². The lowest BCUT2D eigenvalue weighted by Crippen LogP contribution is -1.91. The van der Waals surface area contributed by atoms with Crippen LogP contribution in [-0.4, -0.2) is 11.3 Å². The van der Waals surface area contributed by atoms with Gasteiger partial charge in [0.2, 0.25) is 0 Å². The Bertz CT molecular complexity index is 505. The Morgan fingerprint density at radius 2 is 1.94 bits per heavy atom. The number of nitrogens with two attached hydrogens (primary N) is 2. The van der Waals surface area contributed by atoms with E-state index in [0.29, 0.717) is 28.4 Å². The molecule has 0 unspecified atom stereocenters. The average Bonchev–Trinajstić information content (AvgIpc) is 2.37. The largest absolute Gasteiger partial charge is 0.398 e. The molecule has 94 valence electrons. The number of hydrogen-bond acceptors (Lipinski definition) is 4. The summed E-state index contributed by atoms with van der Waals surface area (Å²) in [6.07, 6.45) is 2.43. The third-order valence-electron chi connectivity index (χ3n) is 2.11. The van der Waals surface area contributed by atoms with Crippen LogP contribution in [0.1, 0.15) is 15.9 Å². The van der Waals surface area contributed by atoms with Crippen molar-refractivity contribution in [2.24, 2.45) is 0 Å². The van der Waals surface area contributed by atoms with E-state index in [9.17, 15) is 4.79 Å². The minimum absolute atomic E-state index is 0.438. The van der Waals surface area contributed by atoms with Crippen LogP contribution in [0.5, 0.6) is 0 Å². The summed E-state index contributed by atoms with van der Waals surface area (Å²) in [6.45, 7) is 1.98. The van der Waals surface area contributed by atoms with E-state index in [1.165, 1.54) is 6.07 Å². The van der Waals surface area contributed by atoms with E-state index in [2.05, 4.69) is 4.98 Å². The van der Waals surface area contributed by atoms with Gasteiger partial charge in [-0.05, 0) is 36.8 Å². The predicted octanol–water partition coefficient (Wildman–Crippen LogP) is 2.71. The van der Waals surface area contributed by atoms with E-state index < -0.39 is 0 Å². The van der Waals surface area contributed by atoms with E-state index in [-0.39, 0.29) is 0 Å². The second kappa shape index (κ2) is 6.61. The van der Waals surface area contributed by atoms with Crippen LogP contribution in [0, 0.1) is 6.92 Å². The number of anilines is 2. The molecule has 0 aliphatic rings. The smallest absolute Gasteiger partial charge is 0.152 e. The molecular weight excluding hydrogens is 250 g/mol. The summed E-state index contributed by atoms with van der Waals surface area (Å²) in [4.78, 5) is 14.1. The summed E-state index contributed by atoms with van der Waals surface area (Å²) in [5.41, 5.74) is 12.8. The van der Waals surface area contributed by atoms with Gasteiger partial charge in [-0.15, -0.1) is 0 Å². The molecule has 0 radical (unpaired) electrons. The highest BCUT2D eigenvalue weighted by atomic mass is 35.5. The van der Waals surface area contributed by atoms with E-state index >= 15 is 0 Å². The Kier molecular flexibility index (Phi) is 5.14. The van der Waals surface area contributed by atoms with Gasteiger partial charge in [0, 0.05) is 22.5 Å². The Morgan fingerprint density at radius 3 is 2.39 bits per heavy atom. The zero-order chi connectivity index (χ0) is 13.5. The number of aromatic nitrogens is 1. The molecule has 1 aromatic carbocycles. The molecule has 1 heterocycles. The van der Waals surface area contributed by atoms with Gasteiger partial charge < -0.3 is 11.5 Å². The van der Waals surface area contributed by atoms with Crippen molar-refractivity contribution in [2.45, 2.75) is 6.92 Å². The molecule has 2 aromatic rings. The van der Waals surface area contributed by atoms with Crippen LogP contribution in [0.2, 0.25) is 5.02 Å². The van der Waals surface area contributed by atoms with Crippen molar-refractivity contribution in [1.82, 2.24) is 4.98 Å². The predicted molar refractivity (Wildman–Crippen MR) is 74.6 cm³/mol. The molecule has 0 saturated carbocycles.